The summed E-state index contributed by atoms with van der Waals surface area (Å²) in [5.74, 6) is -1.19. The van der Waals surface area contributed by atoms with Crippen LogP contribution in [0.5, 0.6) is 0 Å². The lowest BCUT2D eigenvalue weighted by Gasteiger charge is -2.30. The Balaban J connectivity index is 3.91. The van der Waals surface area contributed by atoms with Crippen molar-refractivity contribution in [3.05, 3.63) is 0 Å². The van der Waals surface area contributed by atoms with Crippen LogP contribution < -0.4 is 0 Å². The molecule has 0 spiro atoms. The molecular weight excluding hydrogens is 270 g/mol. The van der Waals surface area contributed by atoms with Crippen molar-refractivity contribution >= 4 is 5.97 Å². The van der Waals surface area contributed by atoms with Crippen LogP contribution in [0.4, 0.5) is 0 Å². The third kappa shape index (κ3) is 9.06. The second-order valence-corrected chi connectivity index (χ2v) is 6.67. The molecule has 2 N–H and O–H groups in total. The summed E-state index contributed by atoms with van der Waals surface area (Å²) in [4.78, 5) is 11.0. The second-order valence-electron chi connectivity index (χ2n) is 6.67. The van der Waals surface area contributed by atoms with E-state index in [1.807, 2.05) is 0 Å². The summed E-state index contributed by atoms with van der Waals surface area (Å²) in [6.45, 7) is 4.35. The maximum atomic E-state index is 11.0. The lowest BCUT2D eigenvalue weighted by molar-refractivity contribution is -0.890. The van der Waals surface area contributed by atoms with Gasteiger partial charge in [-0.3, -0.25) is 0 Å². The predicted octanol–water partition coefficient (Wildman–Crippen LogP) is 2.28. The van der Waals surface area contributed by atoms with Crippen LogP contribution in [-0.4, -0.2) is 67.2 Å². The quantitative estimate of drug-likeness (QED) is 0.405. The summed E-state index contributed by atoms with van der Waals surface area (Å²) in [6, 6.07) is 0. The van der Waals surface area contributed by atoms with Gasteiger partial charge in [0, 0.05) is 7.11 Å². The Morgan fingerprint density at radius 2 is 1.67 bits per heavy atom. The average Bonchev–Trinajstić information content (AvgIpc) is 2.38. The molecule has 1 atom stereocenters. The molecule has 0 aromatic heterocycles. The van der Waals surface area contributed by atoms with Gasteiger partial charge in [0.25, 0.3) is 0 Å². The van der Waals surface area contributed by atoms with Crippen LogP contribution in [0, 0.1) is 0 Å². The topological polar surface area (TPSA) is 66.8 Å². The Kier molecular flexibility index (Phi) is 9.83. The number of carboxylic acid groups (broad SMARTS) is 1. The number of aliphatic hydroxyl groups is 1. The first-order chi connectivity index (χ1) is 9.77. The highest BCUT2D eigenvalue weighted by atomic mass is 16.5. The van der Waals surface area contributed by atoms with Gasteiger partial charge in [0.15, 0.2) is 5.60 Å². The van der Waals surface area contributed by atoms with E-state index < -0.39 is 11.6 Å². The fraction of sp³-hybridized carbons (Fsp3) is 0.938. The van der Waals surface area contributed by atoms with E-state index in [1.165, 1.54) is 32.9 Å². The molecule has 0 rings (SSSR count). The lowest BCUT2D eigenvalue weighted by atomic mass is 9.97. The van der Waals surface area contributed by atoms with Crippen LogP contribution in [0.15, 0.2) is 0 Å². The number of ether oxygens (including phenoxy) is 1. The second kappa shape index (κ2) is 10.1. The van der Waals surface area contributed by atoms with Gasteiger partial charge in [0.1, 0.15) is 0 Å². The highest BCUT2D eigenvalue weighted by Gasteiger charge is 2.35. The van der Waals surface area contributed by atoms with Crippen LogP contribution in [0.1, 0.15) is 51.9 Å². The number of carboxylic acids is 1. The van der Waals surface area contributed by atoms with Gasteiger partial charge in [0.05, 0.1) is 33.8 Å². The number of hydrogen-bond donors (Lipinski definition) is 2. The minimum Gasteiger partial charge on any atom is -0.479 e. The standard InChI is InChI=1S/C16H33NO4/c1-5-6-9-12-17(2,3)13-10-7-8-11-16(20,14-21-4)15(18)19/h20H,5-14H2,1-4H3/p+1. The van der Waals surface area contributed by atoms with E-state index in [9.17, 15) is 9.90 Å². The minimum absolute atomic E-state index is 0.152. The molecule has 21 heavy (non-hydrogen) atoms. The van der Waals surface area contributed by atoms with Crippen LogP contribution >= 0.6 is 0 Å². The molecule has 0 aliphatic heterocycles. The largest absolute Gasteiger partial charge is 0.479 e. The number of methoxy groups -OCH3 is 1. The van der Waals surface area contributed by atoms with Gasteiger partial charge in [-0.25, -0.2) is 4.79 Å². The van der Waals surface area contributed by atoms with Crippen molar-refractivity contribution in [2.75, 3.05) is 40.9 Å². The van der Waals surface area contributed by atoms with Crippen molar-refractivity contribution in [3.8, 4) is 0 Å². The fourth-order valence-electron chi connectivity index (χ4n) is 2.52. The van der Waals surface area contributed by atoms with Crippen molar-refractivity contribution in [3.63, 3.8) is 0 Å². The maximum absolute atomic E-state index is 11.0. The molecule has 0 aromatic rings. The molecule has 0 aliphatic rings. The minimum atomic E-state index is -1.74. The number of carbonyl (C=O) groups is 1. The van der Waals surface area contributed by atoms with E-state index in [1.54, 1.807) is 0 Å². The molecule has 1 unspecified atom stereocenters. The molecule has 0 aliphatic carbocycles. The number of nitrogens with zero attached hydrogens (tertiary/aromatic N) is 1. The smallest absolute Gasteiger partial charge is 0.338 e. The molecule has 5 heteroatoms. The van der Waals surface area contributed by atoms with Gasteiger partial charge in [-0.05, 0) is 38.5 Å². The number of aliphatic carboxylic acids is 1. The molecule has 0 heterocycles. The summed E-state index contributed by atoms with van der Waals surface area (Å²) in [5, 5.41) is 19.0. The van der Waals surface area contributed by atoms with Crippen LogP contribution in [0.2, 0.25) is 0 Å². The van der Waals surface area contributed by atoms with Crippen LogP contribution in [-0.2, 0) is 9.53 Å². The summed E-state index contributed by atoms with van der Waals surface area (Å²) in [5.41, 5.74) is -1.74. The van der Waals surface area contributed by atoms with E-state index in [4.69, 9.17) is 9.84 Å². The molecule has 5 nitrogen and oxygen atoms in total. The number of unbranched alkanes of at least 4 members (excludes halogenated alkanes) is 4. The van der Waals surface area contributed by atoms with Gasteiger partial charge in [-0.15, -0.1) is 0 Å². The Hall–Kier alpha value is -0.650. The normalized spacial score (nSPS) is 14.9. The van der Waals surface area contributed by atoms with Gasteiger partial charge in [-0.1, -0.05) is 13.3 Å². The number of hydrogen-bond acceptors (Lipinski definition) is 3. The Morgan fingerprint density at radius 3 is 2.14 bits per heavy atom. The maximum Gasteiger partial charge on any atom is 0.338 e. The summed E-state index contributed by atoms with van der Waals surface area (Å²) in [7, 11) is 5.90. The molecule has 0 radical (unpaired) electrons. The summed E-state index contributed by atoms with van der Waals surface area (Å²) < 4.78 is 5.82. The lowest BCUT2D eigenvalue weighted by Crippen LogP contribution is -2.43. The van der Waals surface area contributed by atoms with E-state index in [0.29, 0.717) is 6.42 Å². The molecule has 126 valence electrons. The summed E-state index contributed by atoms with van der Waals surface area (Å²) in [6.07, 6.45) is 6.74. The molecule has 0 amide bonds. The SMILES string of the molecule is CCCCC[N+](C)(C)CCCCCC(O)(COC)C(=O)O. The third-order valence-corrected chi connectivity index (χ3v) is 4.00. The molecule has 0 fully saturated rings. The van der Waals surface area contributed by atoms with E-state index in [2.05, 4.69) is 21.0 Å². The van der Waals surface area contributed by atoms with Crippen molar-refractivity contribution in [1.29, 1.82) is 0 Å². The van der Waals surface area contributed by atoms with Gasteiger partial charge >= 0.3 is 5.97 Å². The predicted molar refractivity (Wildman–Crippen MR) is 84.3 cm³/mol. The highest BCUT2D eigenvalue weighted by molar-refractivity contribution is 5.77. The zero-order chi connectivity index (χ0) is 16.4. The molecule has 0 aromatic carbocycles. The van der Waals surface area contributed by atoms with E-state index >= 15 is 0 Å². The Bertz CT molecular complexity index is 294. The van der Waals surface area contributed by atoms with Gasteiger partial charge in [0.2, 0.25) is 0 Å². The fourth-order valence-corrected chi connectivity index (χ4v) is 2.52. The van der Waals surface area contributed by atoms with Crippen LogP contribution in [0.25, 0.3) is 0 Å². The van der Waals surface area contributed by atoms with Gasteiger partial charge < -0.3 is 19.4 Å². The zero-order valence-electron chi connectivity index (χ0n) is 14.2. The Labute approximate surface area is 129 Å². The number of rotatable bonds is 13. The third-order valence-electron chi connectivity index (χ3n) is 4.00. The average molecular weight is 304 g/mol. The first kappa shape index (κ1) is 20.3. The number of quaternary nitrogens is 1. The van der Waals surface area contributed by atoms with E-state index in [0.717, 1.165) is 23.9 Å². The van der Waals surface area contributed by atoms with E-state index in [-0.39, 0.29) is 13.0 Å². The molecule has 0 saturated carbocycles. The Morgan fingerprint density at radius 1 is 1.10 bits per heavy atom. The zero-order valence-corrected chi connectivity index (χ0v) is 14.2. The van der Waals surface area contributed by atoms with Crippen molar-refractivity contribution in [1.82, 2.24) is 0 Å². The van der Waals surface area contributed by atoms with Gasteiger partial charge in [-0.2, -0.15) is 0 Å². The summed E-state index contributed by atoms with van der Waals surface area (Å²) >= 11 is 0. The molecular formula is C16H34NO4+. The monoisotopic (exact) mass is 304 g/mol. The molecule has 0 saturated heterocycles. The van der Waals surface area contributed by atoms with Crippen molar-refractivity contribution < 1.29 is 24.2 Å². The first-order valence-corrected chi connectivity index (χ1v) is 8.04. The highest BCUT2D eigenvalue weighted by Crippen LogP contribution is 2.17. The van der Waals surface area contributed by atoms with Crippen molar-refractivity contribution in [2.45, 2.75) is 57.5 Å². The van der Waals surface area contributed by atoms with Crippen LogP contribution in [0.3, 0.4) is 0 Å². The first-order valence-electron chi connectivity index (χ1n) is 8.04. The van der Waals surface area contributed by atoms with Crippen molar-refractivity contribution in [2.24, 2.45) is 0 Å². The molecule has 0 bridgehead atoms.